The van der Waals surface area contributed by atoms with Crippen LogP contribution in [0, 0.1) is 0 Å². The summed E-state index contributed by atoms with van der Waals surface area (Å²) in [6, 6.07) is 0. The van der Waals surface area contributed by atoms with E-state index in [1.54, 1.807) is 5.38 Å². The summed E-state index contributed by atoms with van der Waals surface area (Å²) in [5, 5.41) is 15.2. The molecule has 3 aliphatic rings. The van der Waals surface area contributed by atoms with Gasteiger partial charge in [-0.05, 0) is 18.4 Å². The molecule has 3 N–H and O–H groups in total. The van der Waals surface area contributed by atoms with Crippen molar-refractivity contribution in [3.63, 3.8) is 0 Å². The van der Waals surface area contributed by atoms with E-state index in [0.717, 1.165) is 12.8 Å². The Balaban J connectivity index is 1.50. The lowest BCUT2D eigenvalue weighted by Crippen LogP contribution is -2.62. The molecule has 0 bridgehead atoms. The molecule has 2 atom stereocenters. The highest BCUT2D eigenvalue weighted by Gasteiger charge is 2.52. The minimum atomic E-state index is -1.12. The predicted molar refractivity (Wildman–Crippen MR) is 95.5 cm³/mol. The summed E-state index contributed by atoms with van der Waals surface area (Å²) < 4.78 is 5.61. The quantitative estimate of drug-likeness (QED) is 0.558. The number of nitrogens with zero attached hydrogens (tertiary/aromatic N) is 3. The second kappa shape index (κ2) is 6.89. The number of nitrogen functional groups attached to an aromatic ring is 1. The first-order chi connectivity index (χ1) is 12.6. The molecule has 9 nitrogen and oxygen atoms in total. The van der Waals surface area contributed by atoms with Crippen LogP contribution in [0.1, 0.15) is 18.5 Å². The van der Waals surface area contributed by atoms with Crippen molar-refractivity contribution in [1.82, 2.24) is 9.88 Å². The fraction of sp³-hybridized carbons (Fsp3) is 0.467. The molecule has 0 saturated carbocycles. The van der Waals surface area contributed by atoms with Crippen molar-refractivity contribution in [3.05, 3.63) is 22.3 Å². The monoisotopic (exact) mass is 396 g/mol. The number of hydrogen-bond acceptors (Lipinski definition) is 9. The van der Waals surface area contributed by atoms with Crippen LogP contribution in [0.25, 0.3) is 0 Å². The van der Waals surface area contributed by atoms with Crippen molar-refractivity contribution in [2.24, 2.45) is 5.16 Å². The number of aromatic nitrogens is 1. The summed E-state index contributed by atoms with van der Waals surface area (Å²) in [6.07, 6.45) is 1.44. The smallest absolute Gasteiger partial charge is 0.352 e. The number of hydrogen-bond donors (Lipinski definition) is 2. The number of nitrogens with two attached hydrogens (primary N) is 1. The van der Waals surface area contributed by atoms with Gasteiger partial charge in [-0.2, -0.15) is 0 Å². The number of β-lactam (4-membered cyclic amide) rings is 1. The van der Waals surface area contributed by atoms with Gasteiger partial charge < -0.3 is 20.4 Å². The molecule has 26 heavy (non-hydrogen) atoms. The number of aliphatic carboxylic acids is 1. The van der Waals surface area contributed by atoms with E-state index in [1.807, 2.05) is 0 Å². The van der Waals surface area contributed by atoms with Crippen LogP contribution in [-0.4, -0.2) is 56.4 Å². The van der Waals surface area contributed by atoms with Crippen LogP contribution in [0.4, 0.5) is 5.13 Å². The van der Waals surface area contributed by atoms with E-state index in [-0.39, 0.29) is 24.1 Å². The van der Waals surface area contributed by atoms with Gasteiger partial charge in [0.15, 0.2) is 17.5 Å². The average Bonchev–Trinajstić information content (AvgIpc) is 3.29. The number of carbonyl (C=O) groups is 2. The van der Waals surface area contributed by atoms with E-state index < -0.39 is 17.3 Å². The fourth-order valence-corrected chi connectivity index (χ4v) is 4.99. The van der Waals surface area contributed by atoms with Gasteiger partial charge in [-0.3, -0.25) is 9.69 Å². The van der Waals surface area contributed by atoms with Gasteiger partial charge in [0.2, 0.25) is 0 Å². The SMILES string of the molecule is Nc1nc(CO/N=C2\C(=O)N3C(C(=O)O)=C(C4CCCO4)CSC23)cs1. The second-order valence-corrected chi connectivity index (χ2v) is 7.90. The Hall–Kier alpha value is -2.11. The molecule has 2 saturated heterocycles. The number of oxime groups is 1. The number of amides is 1. The Kier molecular flexibility index (Phi) is 4.59. The third-order valence-electron chi connectivity index (χ3n) is 4.31. The summed E-state index contributed by atoms with van der Waals surface area (Å²) in [7, 11) is 0. The summed E-state index contributed by atoms with van der Waals surface area (Å²) in [5.74, 6) is -1.08. The van der Waals surface area contributed by atoms with Crippen molar-refractivity contribution in [2.75, 3.05) is 18.1 Å². The van der Waals surface area contributed by atoms with Crippen LogP contribution >= 0.6 is 23.1 Å². The van der Waals surface area contributed by atoms with Gasteiger partial charge in [0.25, 0.3) is 5.91 Å². The molecular formula is C15H16N4O5S2. The van der Waals surface area contributed by atoms with Crippen molar-refractivity contribution < 1.29 is 24.3 Å². The first-order valence-electron chi connectivity index (χ1n) is 7.99. The molecule has 2 unspecified atom stereocenters. The molecule has 0 aromatic carbocycles. The molecule has 2 fully saturated rings. The highest BCUT2D eigenvalue weighted by Crippen LogP contribution is 2.41. The van der Waals surface area contributed by atoms with Gasteiger partial charge in [0.1, 0.15) is 11.1 Å². The number of thiazole rings is 1. The molecule has 1 amide bonds. The van der Waals surface area contributed by atoms with Crippen molar-refractivity contribution in [2.45, 2.75) is 30.9 Å². The van der Waals surface area contributed by atoms with Crippen LogP contribution in [-0.2, 0) is 25.8 Å². The molecule has 1 aromatic heterocycles. The highest BCUT2D eigenvalue weighted by molar-refractivity contribution is 8.01. The van der Waals surface area contributed by atoms with Gasteiger partial charge in [-0.1, -0.05) is 5.16 Å². The Morgan fingerprint density at radius 2 is 2.42 bits per heavy atom. The topological polar surface area (TPSA) is 127 Å². The van der Waals surface area contributed by atoms with Crippen LogP contribution in [0.15, 0.2) is 21.8 Å². The van der Waals surface area contributed by atoms with Gasteiger partial charge in [-0.25, -0.2) is 9.78 Å². The lowest BCUT2D eigenvalue weighted by molar-refractivity contribution is -0.139. The molecule has 1 aromatic rings. The molecule has 0 radical (unpaired) electrons. The average molecular weight is 396 g/mol. The number of carbonyl (C=O) groups excluding carboxylic acids is 1. The predicted octanol–water partition coefficient (Wildman–Crippen LogP) is 1.03. The zero-order chi connectivity index (χ0) is 18.3. The van der Waals surface area contributed by atoms with Crippen molar-refractivity contribution >= 4 is 45.8 Å². The third-order valence-corrected chi connectivity index (χ3v) is 6.26. The minimum absolute atomic E-state index is 0.0249. The Morgan fingerprint density at radius 1 is 1.58 bits per heavy atom. The van der Waals surface area contributed by atoms with Crippen molar-refractivity contribution in [3.8, 4) is 0 Å². The van der Waals surface area contributed by atoms with E-state index in [4.69, 9.17) is 15.3 Å². The zero-order valence-corrected chi connectivity index (χ0v) is 15.2. The lowest BCUT2D eigenvalue weighted by Gasteiger charge is -2.44. The normalized spacial score (nSPS) is 26.8. The largest absolute Gasteiger partial charge is 0.477 e. The second-order valence-electron chi connectivity index (χ2n) is 5.95. The van der Waals surface area contributed by atoms with E-state index in [1.165, 1.54) is 28.0 Å². The lowest BCUT2D eigenvalue weighted by atomic mass is 10.0. The maximum Gasteiger partial charge on any atom is 0.352 e. The van der Waals surface area contributed by atoms with E-state index in [2.05, 4.69) is 10.1 Å². The third kappa shape index (κ3) is 2.95. The van der Waals surface area contributed by atoms with Crippen LogP contribution in [0.5, 0.6) is 0 Å². The molecule has 0 spiro atoms. The maximum atomic E-state index is 12.4. The van der Waals surface area contributed by atoms with E-state index in [0.29, 0.717) is 28.8 Å². The Bertz CT molecular complexity index is 815. The van der Waals surface area contributed by atoms with Gasteiger partial charge in [0.05, 0.1) is 11.8 Å². The maximum absolute atomic E-state index is 12.4. The Labute approximate surface area is 156 Å². The van der Waals surface area contributed by atoms with Gasteiger partial charge >= 0.3 is 5.97 Å². The number of anilines is 1. The van der Waals surface area contributed by atoms with Crippen molar-refractivity contribution in [1.29, 1.82) is 0 Å². The Morgan fingerprint density at radius 3 is 3.08 bits per heavy atom. The first kappa shape index (κ1) is 17.3. The molecule has 4 heterocycles. The summed E-state index contributed by atoms with van der Waals surface area (Å²) in [5.41, 5.74) is 7.08. The zero-order valence-electron chi connectivity index (χ0n) is 13.6. The molecular weight excluding hydrogens is 380 g/mol. The fourth-order valence-electron chi connectivity index (χ4n) is 3.14. The molecule has 3 aliphatic heterocycles. The summed E-state index contributed by atoms with van der Waals surface area (Å²) >= 11 is 2.74. The number of ether oxygens (including phenoxy) is 1. The van der Waals surface area contributed by atoms with Crippen LogP contribution in [0.3, 0.4) is 0 Å². The summed E-state index contributed by atoms with van der Waals surface area (Å²) in [6.45, 7) is 0.718. The molecule has 11 heteroatoms. The number of thioether (sulfide) groups is 1. The van der Waals surface area contributed by atoms with E-state index in [9.17, 15) is 14.7 Å². The molecule has 0 aliphatic carbocycles. The van der Waals surface area contributed by atoms with Gasteiger partial charge in [0, 0.05) is 17.7 Å². The standard InChI is InChI=1S/C15H16N4O5S2/c16-15-17-7(5-26-15)4-24-18-10-12(20)19-11(14(21)22)8(6-25-13(10)19)9-2-1-3-23-9/h5,9,13H,1-4,6H2,(H2,16,17)(H,21,22)/b18-10+. The van der Waals surface area contributed by atoms with Crippen LogP contribution in [0.2, 0.25) is 0 Å². The minimum Gasteiger partial charge on any atom is -0.477 e. The summed E-state index contributed by atoms with van der Waals surface area (Å²) in [4.78, 5) is 34.7. The molecule has 4 rings (SSSR count). The van der Waals surface area contributed by atoms with Gasteiger partial charge in [-0.15, -0.1) is 23.1 Å². The number of rotatable bonds is 5. The van der Waals surface area contributed by atoms with Crippen LogP contribution < -0.4 is 5.73 Å². The number of carboxylic acids is 1. The van der Waals surface area contributed by atoms with E-state index >= 15 is 0 Å². The number of fused-ring (bicyclic) bond motifs is 1. The number of carboxylic acid groups (broad SMARTS) is 1. The molecule has 138 valence electrons. The first-order valence-corrected chi connectivity index (χ1v) is 9.92. The highest BCUT2D eigenvalue weighted by atomic mass is 32.2.